The number of benzene rings is 1. The predicted octanol–water partition coefficient (Wildman–Crippen LogP) is 4.61. The summed E-state index contributed by atoms with van der Waals surface area (Å²) in [6.45, 7) is 4.06. The Hall–Kier alpha value is -2.05. The Balaban J connectivity index is 2.09. The van der Waals surface area contributed by atoms with Crippen LogP contribution in [0.15, 0.2) is 56.6 Å². The minimum absolute atomic E-state index is 0.178. The molecule has 0 aliphatic rings. The Bertz CT molecular complexity index is 856. The lowest BCUT2D eigenvalue weighted by Crippen LogP contribution is -2.14. The lowest BCUT2D eigenvalue weighted by Gasteiger charge is -2.04. The molecule has 0 spiro atoms. The smallest absolute Gasteiger partial charge is 0.206 e. The number of hydrogen-bond donors (Lipinski definition) is 0. The van der Waals surface area contributed by atoms with Gasteiger partial charge in [0.05, 0.1) is 11.9 Å². The third kappa shape index (κ3) is 3.83. The standard InChI is InChI=1S/C17H16FN3S2/c1-12(2)20-17-21(19-9-13-7-8-22-10-13)16(11-23-17)14-3-5-15(18)6-4-14/h3-12H,1-2H3. The maximum absolute atomic E-state index is 13.2. The van der Waals surface area contributed by atoms with Gasteiger partial charge in [-0.2, -0.15) is 16.4 Å². The van der Waals surface area contributed by atoms with Crippen molar-refractivity contribution < 1.29 is 4.39 Å². The first-order chi connectivity index (χ1) is 11.1. The van der Waals surface area contributed by atoms with Crippen molar-refractivity contribution in [1.29, 1.82) is 0 Å². The van der Waals surface area contributed by atoms with E-state index in [9.17, 15) is 4.39 Å². The van der Waals surface area contributed by atoms with Crippen LogP contribution in [0.1, 0.15) is 19.4 Å². The van der Waals surface area contributed by atoms with Crippen LogP contribution >= 0.6 is 22.7 Å². The van der Waals surface area contributed by atoms with Crippen LogP contribution in [0.25, 0.3) is 11.3 Å². The van der Waals surface area contributed by atoms with Gasteiger partial charge < -0.3 is 0 Å². The molecular formula is C17H16FN3S2. The van der Waals surface area contributed by atoms with Crippen LogP contribution in [0.2, 0.25) is 0 Å². The average Bonchev–Trinajstić information content (AvgIpc) is 3.15. The molecule has 2 aromatic heterocycles. The molecule has 2 heterocycles. The summed E-state index contributed by atoms with van der Waals surface area (Å²) in [5.74, 6) is -0.246. The maximum atomic E-state index is 13.2. The fourth-order valence-corrected chi connectivity index (χ4v) is 3.59. The van der Waals surface area contributed by atoms with Crippen molar-refractivity contribution in [3.63, 3.8) is 0 Å². The molecule has 0 bridgehead atoms. The van der Waals surface area contributed by atoms with Crippen LogP contribution in [-0.2, 0) is 0 Å². The van der Waals surface area contributed by atoms with E-state index in [1.54, 1.807) is 23.5 Å². The zero-order valence-electron chi connectivity index (χ0n) is 12.8. The fourth-order valence-electron chi connectivity index (χ4n) is 2.01. The lowest BCUT2D eigenvalue weighted by atomic mass is 10.2. The summed E-state index contributed by atoms with van der Waals surface area (Å²) in [6.07, 6.45) is 1.82. The van der Waals surface area contributed by atoms with Gasteiger partial charge in [-0.3, -0.25) is 4.99 Å². The molecule has 0 aliphatic heterocycles. The summed E-state index contributed by atoms with van der Waals surface area (Å²) in [4.78, 5) is 5.44. The summed E-state index contributed by atoms with van der Waals surface area (Å²) >= 11 is 3.16. The maximum Gasteiger partial charge on any atom is 0.206 e. The number of rotatable bonds is 4. The van der Waals surface area contributed by atoms with Gasteiger partial charge in [0.1, 0.15) is 5.82 Å². The third-order valence-corrected chi connectivity index (χ3v) is 4.59. The van der Waals surface area contributed by atoms with Crippen LogP contribution in [0.4, 0.5) is 4.39 Å². The molecule has 0 amide bonds. The summed E-state index contributed by atoms with van der Waals surface area (Å²) in [5.41, 5.74) is 2.87. The van der Waals surface area contributed by atoms with Gasteiger partial charge in [-0.15, -0.1) is 11.3 Å². The fraction of sp³-hybridized carbons (Fsp3) is 0.176. The number of thiophene rings is 1. The molecule has 0 atom stereocenters. The highest BCUT2D eigenvalue weighted by Gasteiger charge is 2.08. The van der Waals surface area contributed by atoms with E-state index in [-0.39, 0.29) is 11.9 Å². The molecule has 3 rings (SSSR count). The van der Waals surface area contributed by atoms with E-state index < -0.39 is 0 Å². The Kier molecular flexibility index (Phi) is 4.83. The minimum atomic E-state index is -0.246. The first-order valence-corrected chi connectivity index (χ1v) is 9.02. The lowest BCUT2D eigenvalue weighted by molar-refractivity contribution is 0.628. The van der Waals surface area contributed by atoms with Crippen LogP contribution in [0.3, 0.4) is 0 Å². The van der Waals surface area contributed by atoms with Crippen molar-refractivity contribution in [3.05, 3.63) is 62.7 Å². The summed E-state index contributed by atoms with van der Waals surface area (Å²) in [5, 5.41) is 10.6. The van der Waals surface area contributed by atoms with Crippen LogP contribution in [0.5, 0.6) is 0 Å². The molecule has 1 aromatic carbocycles. The highest BCUT2D eigenvalue weighted by molar-refractivity contribution is 7.08. The first-order valence-electron chi connectivity index (χ1n) is 7.20. The molecule has 118 valence electrons. The highest BCUT2D eigenvalue weighted by Crippen LogP contribution is 2.20. The monoisotopic (exact) mass is 345 g/mol. The Morgan fingerprint density at radius 3 is 2.57 bits per heavy atom. The number of thiazole rings is 1. The van der Waals surface area contributed by atoms with E-state index in [0.29, 0.717) is 0 Å². The zero-order valence-corrected chi connectivity index (χ0v) is 14.4. The molecule has 0 fully saturated rings. The molecule has 0 saturated heterocycles. The second kappa shape index (κ2) is 7.02. The Labute approximate surface area is 142 Å². The molecule has 0 aliphatic carbocycles. The first kappa shape index (κ1) is 15.8. The van der Waals surface area contributed by atoms with E-state index >= 15 is 0 Å². The number of halogens is 1. The quantitative estimate of drug-likeness (QED) is 0.618. The Morgan fingerprint density at radius 1 is 1.13 bits per heavy atom. The molecule has 0 saturated carbocycles. The van der Waals surface area contributed by atoms with E-state index in [4.69, 9.17) is 0 Å². The number of hydrogen-bond acceptors (Lipinski definition) is 4. The van der Waals surface area contributed by atoms with Gasteiger partial charge in [-0.25, -0.2) is 9.07 Å². The van der Waals surface area contributed by atoms with E-state index in [1.807, 2.05) is 46.9 Å². The molecule has 3 aromatic rings. The van der Waals surface area contributed by atoms with Gasteiger partial charge in [0.15, 0.2) is 0 Å². The molecular weight excluding hydrogens is 329 g/mol. The van der Waals surface area contributed by atoms with Crippen molar-refractivity contribution >= 4 is 28.9 Å². The van der Waals surface area contributed by atoms with Crippen molar-refractivity contribution in [2.45, 2.75) is 19.9 Å². The molecule has 23 heavy (non-hydrogen) atoms. The van der Waals surface area contributed by atoms with E-state index in [0.717, 1.165) is 21.6 Å². The zero-order chi connectivity index (χ0) is 16.2. The van der Waals surface area contributed by atoms with Gasteiger partial charge in [-0.1, -0.05) is 0 Å². The van der Waals surface area contributed by atoms with Gasteiger partial charge in [0.25, 0.3) is 0 Å². The van der Waals surface area contributed by atoms with Crippen LogP contribution < -0.4 is 4.80 Å². The largest absolute Gasteiger partial charge is 0.255 e. The van der Waals surface area contributed by atoms with Gasteiger partial charge >= 0.3 is 0 Å². The van der Waals surface area contributed by atoms with Crippen molar-refractivity contribution in [1.82, 2.24) is 4.68 Å². The topological polar surface area (TPSA) is 29.6 Å². The second-order valence-electron chi connectivity index (χ2n) is 5.25. The Morgan fingerprint density at radius 2 is 1.91 bits per heavy atom. The van der Waals surface area contributed by atoms with Gasteiger partial charge in [-0.05, 0) is 54.9 Å². The van der Waals surface area contributed by atoms with Gasteiger partial charge in [0, 0.05) is 22.5 Å². The number of aromatic nitrogens is 1. The molecule has 3 nitrogen and oxygen atoms in total. The SMILES string of the molecule is CC(C)N=c1scc(-c2ccc(F)cc2)n1N=Cc1ccsc1. The summed E-state index contributed by atoms with van der Waals surface area (Å²) < 4.78 is 15.0. The third-order valence-electron chi connectivity index (χ3n) is 3.06. The second-order valence-corrected chi connectivity index (χ2v) is 6.86. The van der Waals surface area contributed by atoms with Crippen LogP contribution in [-0.4, -0.2) is 16.9 Å². The summed E-state index contributed by atoms with van der Waals surface area (Å²) in [7, 11) is 0. The number of nitrogens with zero attached hydrogens (tertiary/aromatic N) is 3. The summed E-state index contributed by atoms with van der Waals surface area (Å²) in [6, 6.07) is 8.62. The molecule has 0 unspecified atom stereocenters. The van der Waals surface area contributed by atoms with Crippen molar-refractivity contribution in [3.8, 4) is 11.3 Å². The van der Waals surface area contributed by atoms with E-state index in [2.05, 4.69) is 10.1 Å². The molecule has 0 radical (unpaired) electrons. The normalized spacial score (nSPS) is 12.6. The predicted molar refractivity (Wildman–Crippen MR) is 95.7 cm³/mol. The van der Waals surface area contributed by atoms with Crippen LogP contribution in [0, 0.1) is 5.82 Å². The minimum Gasteiger partial charge on any atom is -0.255 e. The molecule has 0 N–H and O–H groups in total. The van der Waals surface area contributed by atoms with Crippen molar-refractivity contribution in [2.75, 3.05) is 0 Å². The van der Waals surface area contributed by atoms with Gasteiger partial charge in [0.2, 0.25) is 4.80 Å². The van der Waals surface area contributed by atoms with Crippen molar-refractivity contribution in [2.24, 2.45) is 10.1 Å². The average molecular weight is 345 g/mol. The molecule has 6 heteroatoms. The van der Waals surface area contributed by atoms with E-state index in [1.165, 1.54) is 23.5 Å². The highest BCUT2D eigenvalue weighted by atomic mass is 32.1.